The zero-order valence-corrected chi connectivity index (χ0v) is 16.7. The lowest BCUT2D eigenvalue weighted by Crippen LogP contribution is -2.21. The first-order valence-corrected chi connectivity index (χ1v) is 10.5. The van der Waals surface area contributed by atoms with Gasteiger partial charge < -0.3 is 14.5 Å². The molecule has 11 heteroatoms. The normalized spacial score (nSPS) is 11.0. The van der Waals surface area contributed by atoms with Crippen molar-refractivity contribution in [2.24, 2.45) is 0 Å². The minimum absolute atomic E-state index is 0.0545. The van der Waals surface area contributed by atoms with Gasteiger partial charge in [-0.25, -0.2) is 13.2 Å². The lowest BCUT2D eigenvalue weighted by atomic mass is 10.2. The molecule has 160 valence electrons. The third kappa shape index (κ3) is 5.34. The van der Waals surface area contributed by atoms with Gasteiger partial charge in [0.25, 0.3) is 11.6 Å². The molecule has 1 amide bonds. The van der Waals surface area contributed by atoms with Crippen molar-refractivity contribution >= 4 is 33.1 Å². The average Bonchev–Trinajstić information content (AvgIpc) is 3.20. The van der Waals surface area contributed by atoms with Crippen molar-refractivity contribution in [1.82, 2.24) is 0 Å². The second-order valence-electron chi connectivity index (χ2n) is 6.25. The van der Waals surface area contributed by atoms with E-state index in [1.165, 1.54) is 42.5 Å². The molecule has 0 aliphatic heterocycles. The molecule has 31 heavy (non-hydrogen) atoms. The van der Waals surface area contributed by atoms with E-state index in [2.05, 4.69) is 5.32 Å². The van der Waals surface area contributed by atoms with Gasteiger partial charge in [0.1, 0.15) is 5.69 Å². The Bertz CT molecular complexity index is 1220. The molecule has 2 aromatic carbocycles. The van der Waals surface area contributed by atoms with Gasteiger partial charge in [-0.3, -0.25) is 14.9 Å². The second kappa shape index (κ2) is 9.22. The fraction of sp³-hybridized carbons (Fsp3) is 0.100. The van der Waals surface area contributed by atoms with Crippen LogP contribution in [0.15, 0.2) is 76.2 Å². The number of nitrogens with zero attached hydrogens (tertiary/aromatic N) is 1. The maximum absolute atomic E-state index is 12.5. The highest BCUT2D eigenvalue weighted by Gasteiger charge is 2.24. The first kappa shape index (κ1) is 21.7. The van der Waals surface area contributed by atoms with E-state index in [1.807, 2.05) is 0 Å². The van der Waals surface area contributed by atoms with Crippen LogP contribution in [0.25, 0.3) is 0 Å². The minimum atomic E-state index is -3.74. The van der Waals surface area contributed by atoms with Crippen molar-refractivity contribution in [2.45, 2.75) is 10.6 Å². The third-order valence-corrected chi connectivity index (χ3v) is 5.77. The van der Waals surface area contributed by atoms with E-state index in [0.717, 1.165) is 6.26 Å². The Kier molecular flexibility index (Phi) is 6.46. The van der Waals surface area contributed by atoms with Gasteiger partial charge in [-0.1, -0.05) is 30.3 Å². The average molecular weight is 444 g/mol. The summed E-state index contributed by atoms with van der Waals surface area (Å²) in [6, 6.07) is 14.5. The van der Waals surface area contributed by atoms with Crippen molar-refractivity contribution in [3.63, 3.8) is 0 Å². The van der Waals surface area contributed by atoms with Crippen molar-refractivity contribution < 1.29 is 32.1 Å². The largest absolute Gasteiger partial charge is 0.457 e. The molecule has 1 N–H and O–H groups in total. The summed E-state index contributed by atoms with van der Waals surface area (Å²) in [4.78, 5) is 34.7. The van der Waals surface area contributed by atoms with E-state index in [-0.39, 0.29) is 27.6 Å². The van der Waals surface area contributed by atoms with Gasteiger partial charge in [-0.15, -0.1) is 0 Å². The molecule has 0 bridgehead atoms. The molecule has 0 saturated carbocycles. The summed E-state index contributed by atoms with van der Waals surface area (Å²) in [5.74, 6) is -2.70. The Hall–Kier alpha value is -3.99. The number of para-hydroxylation sites is 2. The van der Waals surface area contributed by atoms with Crippen LogP contribution in [0.4, 0.5) is 11.4 Å². The van der Waals surface area contributed by atoms with Crippen LogP contribution in [0.5, 0.6) is 0 Å². The van der Waals surface area contributed by atoms with Gasteiger partial charge in [0.05, 0.1) is 21.8 Å². The summed E-state index contributed by atoms with van der Waals surface area (Å²) >= 11 is 0. The number of rotatable bonds is 8. The lowest BCUT2D eigenvalue weighted by Gasteiger charge is -2.07. The van der Waals surface area contributed by atoms with Crippen LogP contribution in [0.3, 0.4) is 0 Å². The minimum Gasteiger partial charge on any atom is -0.457 e. The summed E-state index contributed by atoms with van der Waals surface area (Å²) in [6.45, 7) is -0.754. The number of carbonyl (C=O) groups is 2. The van der Waals surface area contributed by atoms with E-state index < -0.39 is 39.0 Å². The van der Waals surface area contributed by atoms with Crippen LogP contribution in [0, 0.1) is 10.1 Å². The Morgan fingerprint density at radius 3 is 2.42 bits per heavy atom. The molecular weight excluding hydrogens is 428 g/mol. The van der Waals surface area contributed by atoms with Crippen molar-refractivity contribution in [2.75, 3.05) is 11.9 Å². The van der Waals surface area contributed by atoms with Crippen molar-refractivity contribution in [3.8, 4) is 0 Å². The smallest absolute Gasteiger partial charge is 0.375 e. The first-order chi connectivity index (χ1) is 14.8. The van der Waals surface area contributed by atoms with E-state index in [9.17, 15) is 28.1 Å². The molecule has 1 heterocycles. The van der Waals surface area contributed by atoms with Crippen LogP contribution < -0.4 is 5.32 Å². The summed E-state index contributed by atoms with van der Waals surface area (Å²) in [6.07, 6.45) is 1.14. The molecule has 0 spiro atoms. The maximum atomic E-state index is 12.5. The Morgan fingerprint density at radius 2 is 1.71 bits per heavy atom. The van der Waals surface area contributed by atoms with Crippen LogP contribution in [0.1, 0.15) is 16.1 Å². The maximum Gasteiger partial charge on any atom is 0.375 e. The second-order valence-corrected chi connectivity index (χ2v) is 8.24. The Labute approximate surface area is 176 Å². The van der Waals surface area contributed by atoms with Gasteiger partial charge in [0.15, 0.2) is 16.4 Å². The molecule has 0 radical (unpaired) electrons. The fourth-order valence-corrected chi connectivity index (χ4v) is 4.04. The number of hydrogen-bond donors (Lipinski definition) is 1. The number of benzene rings is 2. The van der Waals surface area contributed by atoms with Gasteiger partial charge in [-0.2, -0.15) is 0 Å². The molecule has 3 rings (SSSR count). The Morgan fingerprint density at radius 1 is 1.03 bits per heavy atom. The van der Waals surface area contributed by atoms with Crippen LogP contribution in [-0.4, -0.2) is 31.8 Å². The van der Waals surface area contributed by atoms with Crippen molar-refractivity contribution in [1.29, 1.82) is 0 Å². The molecule has 0 aliphatic carbocycles. The summed E-state index contributed by atoms with van der Waals surface area (Å²) < 4.78 is 35.0. The van der Waals surface area contributed by atoms with E-state index in [1.54, 1.807) is 18.2 Å². The van der Waals surface area contributed by atoms with Crippen LogP contribution in [0.2, 0.25) is 0 Å². The zero-order chi connectivity index (χ0) is 22.4. The molecule has 3 aromatic rings. The monoisotopic (exact) mass is 444 g/mol. The summed E-state index contributed by atoms with van der Waals surface area (Å²) in [5, 5.41) is 13.3. The highest BCUT2D eigenvalue weighted by Crippen LogP contribution is 2.23. The lowest BCUT2D eigenvalue weighted by molar-refractivity contribution is -0.383. The molecule has 0 atom stereocenters. The standard InChI is InChI=1S/C20H16N2O8S/c23-18(21-16-8-4-5-9-17(16)22(25)26)12-30-20(24)19-14(10-11-29-19)13-31(27,28)15-6-2-1-3-7-15/h1-11H,12-13H2,(H,21,23). The molecule has 10 nitrogen and oxygen atoms in total. The third-order valence-electron chi connectivity index (χ3n) is 4.09. The SMILES string of the molecule is O=C(COC(=O)c1occc1CS(=O)(=O)c1ccccc1)Nc1ccccc1[N+](=O)[O-]. The van der Waals surface area contributed by atoms with Crippen LogP contribution >= 0.6 is 0 Å². The van der Waals surface area contributed by atoms with E-state index >= 15 is 0 Å². The Balaban J connectivity index is 1.64. The number of hydrogen-bond acceptors (Lipinski definition) is 8. The number of nitrogens with one attached hydrogen (secondary N) is 1. The zero-order valence-electron chi connectivity index (χ0n) is 15.9. The van der Waals surface area contributed by atoms with Gasteiger partial charge in [0, 0.05) is 11.6 Å². The van der Waals surface area contributed by atoms with Gasteiger partial charge in [0.2, 0.25) is 5.76 Å². The number of anilines is 1. The van der Waals surface area contributed by atoms with Crippen molar-refractivity contribution in [3.05, 3.63) is 88.4 Å². The fourth-order valence-electron chi connectivity index (χ4n) is 2.67. The van der Waals surface area contributed by atoms with Crippen LogP contribution in [-0.2, 0) is 25.1 Å². The number of amides is 1. The number of furan rings is 1. The van der Waals surface area contributed by atoms with Gasteiger partial charge >= 0.3 is 5.97 Å². The quantitative estimate of drug-likeness (QED) is 0.317. The predicted octanol–water partition coefficient (Wildman–Crippen LogP) is 2.96. The molecule has 0 fully saturated rings. The number of esters is 1. The summed E-state index contributed by atoms with van der Waals surface area (Å²) in [5.41, 5.74) is -0.296. The number of sulfone groups is 1. The molecule has 0 saturated heterocycles. The molecule has 1 aromatic heterocycles. The van der Waals surface area contributed by atoms with E-state index in [0.29, 0.717) is 0 Å². The highest BCUT2D eigenvalue weighted by atomic mass is 32.2. The highest BCUT2D eigenvalue weighted by molar-refractivity contribution is 7.90. The number of ether oxygens (including phenoxy) is 1. The predicted molar refractivity (Wildman–Crippen MR) is 108 cm³/mol. The number of nitro groups is 1. The molecular formula is C20H16N2O8S. The molecule has 0 unspecified atom stereocenters. The van der Waals surface area contributed by atoms with E-state index in [4.69, 9.17) is 9.15 Å². The number of nitro benzene ring substituents is 1. The molecule has 0 aliphatic rings. The topological polar surface area (TPSA) is 146 Å². The number of carbonyl (C=O) groups excluding carboxylic acids is 2. The first-order valence-electron chi connectivity index (χ1n) is 8.82. The van der Waals surface area contributed by atoms with Gasteiger partial charge in [-0.05, 0) is 24.3 Å². The summed E-state index contributed by atoms with van der Waals surface area (Å²) in [7, 11) is -3.74.